The summed E-state index contributed by atoms with van der Waals surface area (Å²) in [5.41, 5.74) is 0.570. The van der Waals surface area contributed by atoms with Gasteiger partial charge in [0.05, 0.1) is 4.90 Å². The molecule has 0 aliphatic rings. The van der Waals surface area contributed by atoms with Crippen molar-refractivity contribution in [3.8, 4) is 0 Å². The van der Waals surface area contributed by atoms with Crippen molar-refractivity contribution < 1.29 is 13.2 Å². The van der Waals surface area contributed by atoms with E-state index in [0.717, 1.165) is 12.2 Å². The molecule has 1 amide bonds. The van der Waals surface area contributed by atoms with Crippen LogP contribution in [0.1, 0.15) is 13.3 Å². The maximum Gasteiger partial charge on any atom is 0.240 e. The highest BCUT2D eigenvalue weighted by atomic mass is 32.2. The molecule has 0 saturated carbocycles. The number of carbonyl (C=O) groups excluding carboxylic acids is 1. The third kappa shape index (κ3) is 5.99. The molecule has 0 saturated heterocycles. The minimum absolute atomic E-state index is 0.187. The van der Waals surface area contributed by atoms with Crippen molar-refractivity contribution in [1.29, 1.82) is 0 Å². The molecule has 2 rings (SSSR count). The van der Waals surface area contributed by atoms with Crippen molar-refractivity contribution in [2.75, 3.05) is 17.6 Å². The van der Waals surface area contributed by atoms with Crippen LogP contribution in [-0.4, -0.2) is 26.6 Å². The van der Waals surface area contributed by atoms with Crippen LogP contribution in [0.2, 0.25) is 0 Å². The maximum atomic E-state index is 12.2. The Morgan fingerprint density at radius 2 is 1.71 bits per heavy atom. The molecule has 0 aliphatic heterocycles. The fourth-order valence-electron chi connectivity index (χ4n) is 1.99. The van der Waals surface area contributed by atoms with Gasteiger partial charge in [-0.3, -0.25) is 4.79 Å². The largest absolute Gasteiger partial charge is 0.326 e. The van der Waals surface area contributed by atoms with Crippen LogP contribution in [0.15, 0.2) is 64.4 Å². The van der Waals surface area contributed by atoms with Gasteiger partial charge >= 0.3 is 0 Å². The summed E-state index contributed by atoms with van der Waals surface area (Å²) in [6.45, 7) is 1.79. The van der Waals surface area contributed by atoms with Gasteiger partial charge in [0.1, 0.15) is 0 Å². The molecule has 0 unspecified atom stereocenters. The zero-order chi connectivity index (χ0) is 17.4. The Morgan fingerprint density at radius 3 is 2.33 bits per heavy atom. The van der Waals surface area contributed by atoms with Crippen molar-refractivity contribution in [3.63, 3.8) is 0 Å². The first kappa shape index (κ1) is 18.5. The summed E-state index contributed by atoms with van der Waals surface area (Å²) in [5.74, 6) is 0.647. The number of hydrogen-bond donors (Lipinski definition) is 2. The van der Waals surface area contributed by atoms with Gasteiger partial charge in [-0.05, 0) is 48.6 Å². The van der Waals surface area contributed by atoms with Gasteiger partial charge in [-0.2, -0.15) is 0 Å². The molecule has 0 bridgehead atoms. The molecule has 0 aliphatic carbocycles. The Kier molecular flexibility index (Phi) is 6.84. The average molecular weight is 364 g/mol. The smallest absolute Gasteiger partial charge is 0.240 e. The summed E-state index contributed by atoms with van der Waals surface area (Å²) in [6.07, 6.45) is 0.739. The number of anilines is 1. The Balaban J connectivity index is 1.79. The molecule has 0 radical (unpaired) electrons. The molecule has 5 nitrogen and oxygen atoms in total. The SMILES string of the molecule is CC(=O)Nc1ccc(S(=O)(=O)NCCCSc2ccccc2)cc1. The highest BCUT2D eigenvalue weighted by Crippen LogP contribution is 2.18. The molecule has 7 heteroatoms. The Bertz CT molecular complexity index is 760. The molecule has 0 atom stereocenters. The van der Waals surface area contributed by atoms with Crippen LogP contribution in [-0.2, 0) is 14.8 Å². The maximum absolute atomic E-state index is 12.2. The predicted molar refractivity (Wildman–Crippen MR) is 97.7 cm³/mol. The molecule has 0 heterocycles. The standard InChI is InChI=1S/C17H20N2O3S2/c1-14(20)19-15-8-10-17(11-9-15)24(21,22)18-12-5-13-23-16-6-3-2-4-7-16/h2-4,6-11,18H,5,12-13H2,1H3,(H,19,20). The summed E-state index contributed by atoms with van der Waals surface area (Å²) >= 11 is 1.70. The number of carbonyl (C=O) groups is 1. The Labute approximate surface area is 146 Å². The molecule has 0 aromatic heterocycles. The van der Waals surface area contributed by atoms with E-state index >= 15 is 0 Å². The number of amides is 1. The second kappa shape index (κ2) is 8.86. The van der Waals surface area contributed by atoms with Crippen molar-refractivity contribution in [3.05, 3.63) is 54.6 Å². The normalized spacial score (nSPS) is 11.2. The summed E-state index contributed by atoms with van der Waals surface area (Å²) in [7, 11) is -3.52. The summed E-state index contributed by atoms with van der Waals surface area (Å²) in [6, 6.07) is 16.1. The van der Waals surface area contributed by atoms with Crippen LogP contribution < -0.4 is 10.0 Å². The second-order valence-electron chi connectivity index (χ2n) is 5.12. The molecule has 128 valence electrons. The van der Waals surface area contributed by atoms with Gasteiger partial charge in [-0.15, -0.1) is 11.8 Å². The number of hydrogen-bond acceptors (Lipinski definition) is 4. The topological polar surface area (TPSA) is 75.3 Å². The van der Waals surface area contributed by atoms with Crippen LogP contribution in [0.4, 0.5) is 5.69 Å². The van der Waals surface area contributed by atoms with Gasteiger partial charge in [-0.1, -0.05) is 18.2 Å². The molecule has 0 fully saturated rings. The van der Waals surface area contributed by atoms with E-state index in [1.165, 1.54) is 24.0 Å². The minimum atomic E-state index is -3.52. The van der Waals surface area contributed by atoms with Gasteiger partial charge < -0.3 is 5.32 Å². The van der Waals surface area contributed by atoms with Gasteiger partial charge in [0.2, 0.25) is 15.9 Å². The number of thioether (sulfide) groups is 1. The lowest BCUT2D eigenvalue weighted by Crippen LogP contribution is -2.25. The molecular formula is C17H20N2O3S2. The zero-order valence-corrected chi connectivity index (χ0v) is 15.0. The molecule has 2 aromatic rings. The lowest BCUT2D eigenvalue weighted by Gasteiger charge is -2.08. The van der Waals surface area contributed by atoms with E-state index in [1.54, 1.807) is 23.9 Å². The second-order valence-corrected chi connectivity index (χ2v) is 8.05. The number of nitrogens with one attached hydrogen (secondary N) is 2. The molecule has 2 N–H and O–H groups in total. The van der Waals surface area contributed by atoms with E-state index in [-0.39, 0.29) is 10.8 Å². The molecule has 2 aromatic carbocycles. The lowest BCUT2D eigenvalue weighted by atomic mass is 10.3. The van der Waals surface area contributed by atoms with E-state index in [1.807, 2.05) is 30.3 Å². The van der Waals surface area contributed by atoms with Gasteiger partial charge in [0, 0.05) is 24.1 Å². The van der Waals surface area contributed by atoms with E-state index in [9.17, 15) is 13.2 Å². The van der Waals surface area contributed by atoms with Crippen molar-refractivity contribution >= 4 is 33.4 Å². The first-order chi connectivity index (χ1) is 11.5. The fraction of sp³-hybridized carbons (Fsp3) is 0.235. The summed E-state index contributed by atoms with van der Waals surface area (Å²) in [5, 5.41) is 2.60. The quantitative estimate of drug-likeness (QED) is 0.557. The Hall–Kier alpha value is -1.83. The monoisotopic (exact) mass is 364 g/mol. The summed E-state index contributed by atoms with van der Waals surface area (Å²) < 4.78 is 27.0. The lowest BCUT2D eigenvalue weighted by molar-refractivity contribution is -0.114. The third-order valence-corrected chi connectivity index (χ3v) is 5.69. The van der Waals surface area contributed by atoms with Gasteiger partial charge in [-0.25, -0.2) is 13.1 Å². The number of sulfonamides is 1. The van der Waals surface area contributed by atoms with Crippen LogP contribution >= 0.6 is 11.8 Å². The molecule has 24 heavy (non-hydrogen) atoms. The van der Waals surface area contributed by atoms with E-state index in [4.69, 9.17) is 0 Å². The van der Waals surface area contributed by atoms with Crippen molar-refractivity contribution in [1.82, 2.24) is 4.72 Å². The van der Waals surface area contributed by atoms with Gasteiger partial charge in [0.15, 0.2) is 0 Å². The van der Waals surface area contributed by atoms with Crippen LogP contribution in [0.3, 0.4) is 0 Å². The number of benzene rings is 2. The van der Waals surface area contributed by atoms with E-state index in [0.29, 0.717) is 12.2 Å². The van der Waals surface area contributed by atoms with Crippen LogP contribution in [0.5, 0.6) is 0 Å². The Morgan fingerprint density at radius 1 is 1.04 bits per heavy atom. The predicted octanol–water partition coefficient (Wildman–Crippen LogP) is 3.11. The minimum Gasteiger partial charge on any atom is -0.326 e. The van der Waals surface area contributed by atoms with Crippen molar-refractivity contribution in [2.45, 2.75) is 23.1 Å². The van der Waals surface area contributed by atoms with E-state index in [2.05, 4.69) is 10.0 Å². The molecule has 0 spiro atoms. The third-order valence-electron chi connectivity index (χ3n) is 3.11. The van der Waals surface area contributed by atoms with Crippen LogP contribution in [0, 0.1) is 0 Å². The molecular weight excluding hydrogens is 344 g/mol. The number of rotatable bonds is 8. The highest BCUT2D eigenvalue weighted by Gasteiger charge is 2.13. The van der Waals surface area contributed by atoms with Crippen molar-refractivity contribution in [2.24, 2.45) is 0 Å². The van der Waals surface area contributed by atoms with Crippen LogP contribution in [0.25, 0.3) is 0 Å². The highest BCUT2D eigenvalue weighted by molar-refractivity contribution is 7.99. The zero-order valence-electron chi connectivity index (χ0n) is 13.4. The van der Waals surface area contributed by atoms with Gasteiger partial charge in [0.25, 0.3) is 0 Å². The van der Waals surface area contributed by atoms with E-state index < -0.39 is 10.0 Å². The first-order valence-corrected chi connectivity index (χ1v) is 9.99. The fourth-order valence-corrected chi connectivity index (χ4v) is 3.94. The first-order valence-electron chi connectivity index (χ1n) is 7.52. The average Bonchev–Trinajstić information content (AvgIpc) is 2.55. The summed E-state index contributed by atoms with van der Waals surface area (Å²) in [4.78, 5) is 12.3.